The van der Waals surface area contributed by atoms with Gasteiger partial charge in [0.25, 0.3) is 0 Å². The number of fused-ring (bicyclic) bond motifs is 1. The number of likely N-dealkylation sites (N-methyl/N-ethyl adjacent to an activating group) is 1. The molecule has 0 fully saturated rings. The van der Waals surface area contributed by atoms with Crippen molar-refractivity contribution in [3.63, 3.8) is 0 Å². The van der Waals surface area contributed by atoms with Gasteiger partial charge < -0.3 is 10.2 Å². The molecule has 5 heteroatoms. The standard InChI is InChI=1S/C12H18N4O.H2/c1-7(2)10-13-6-8-5-9(12(17)16(3)4)14-11(8)15-10;/h6-7,9H,5H2,1-4H3,(H,13,14,15);1H/t9-;/m1./s1. The molecule has 2 heterocycles. The van der Waals surface area contributed by atoms with Crippen molar-refractivity contribution in [2.75, 3.05) is 19.4 Å². The minimum atomic E-state index is -0.197. The first-order valence-electron chi connectivity index (χ1n) is 5.82. The molecule has 1 aromatic heterocycles. The van der Waals surface area contributed by atoms with E-state index >= 15 is 0 Å². The fraction of sp³-hybridized carbons (Fsp3) is 0.583. The summed E-state index contributed by atoms with van der Waals surface area (Å²) < 4.78 is 0. The van der Waals surface area contributed by atoms with Crippen LogP contribution >= 0.6 is 0 Å². The molecule has 0 bridgehead atoms. The molecule has 2 rings (SSSR count). The lowest BCUT2D eigenvalue weighted by molar-refractivity contribution is -0.129. The van der Waals surface area contributed by atoms with Crippen LogP contribution in [0.5, 0.6) is 0 Å². The third-order valence-corrected chi connectivity index (χ3v) is 2.87. The molecule has 17 heavy (non-hydrogen) atoms. The van der Waals surface area contributed by atoms with Gasteiger partial charge in [0.2, 0.25) is 5.91 Å². The molecular weight excluding hydrogens is 216 g/mol. The van der Waals surface area contributed by atoms with Crippen LogP contribution in [0.2, 0.25) is 0 Å². The van der Waals surface area contributed by atoms with Crippen molar-refractivity contribution in [2.24, 2.45) is 0 Å². The van der Waals surface area contributed by atoms with E-state index < -0.39 is 0 Å². The van der Waals surface area contributed by atoms with Gasteiger partial charge in [-0.05, 0) is 0 Å². The van der Waals surface area contributed by atoms with Crippen LogP contribution in [0, 0.1) is 0 Å². The Balaban J connectivity index is 0.00000162. The number of aromatic nitrogens is 2. The van der Waals surface area contributed by atoms with E-state index in [1.807, 2.05) is 6.20 Å². The normalized spacial score (nSPS) is 17.8. The number of nitrogens with zero attached hydrogens (tertiary/aromatic N) is 3. The van der Waals surface area contributed by atoms with E-state index in [1.165, 1.54) is 0 Å². The van der Waals surface area contributed by atoms with E-state index in [0.29, 0.717) is 12.3 Å². The number of carbonyl (C=O) groups is 1. The number of hydrogen-bond donors (Lipinski definition) is 1. The maximum Gasteiger partial charge on any atom is 0.244 e. The lowest BCUT2D eigenvalue weighted by Gasteiger charge is -2.16. The first kappa shape index (κ1) is 11.8. The van der Waals surface area contributed by atoms with Crippen molar-refractivity contribution < 1.29 is 6.22 Å². The molecule has 5 nitrogen and oxygen atoms in total. The highest BCUT2D eigenvalue weighted by Gasteiger charge is 2.29. The van der Waals surface area contributed by atoms with Gasteiger partial charge in [-0.15, -0.1) is 0 Å². The predicted octanol–water partition coefficient (Wildman–Crippen LogP) is 1.27. The highest BCUT2D eigenvalue weighted by molar-refractivity contribution is 5.86. The van der Waals surface area contributed by atoms with Crippen LogP contribution < -0.4 is 5.32 Å². The molecular formula is C12H20N4O. The van der Waals surface area contributed by atoms with Gasteiger partial charge in [0.15, 0.2) is 0 Å². The maximum atomic E-state index is 11.8. The molecule has 1 N–H and O–H groups in total. The van der Waals surface area contributed by atoms with E-state index in [4.69, 9.17) is 0 Å². The summed E-state index contributed by atoms with van der Waals surface area (Å²) in [5.41, 5.74) is 1.02. The van der Waals surface area contributed by atoms with Crippen LogP contribution in [0.4, 0.5) is 5.82 Å². The molecule has 0 saturated carbocycles. The summed E-state index contributed by atoms with van der Waals surface area (Å²) >= 11 is 0. The summed E-state index contributed by atoms with van der Waals surface area (Å²) in [5, 5.41) is 3.17. The van der Waals surface area contributed by atoms with Crippen molar-refractivity contribution in [3.8, 4) is 0 Å². The number of nitrogens with one attached hydrogen (secondary N) is 1. The van der Waals surface area contributed by atoms with Gasteiger partial charge >= 0.3 is 0 Å². The average molecular weight is 236 g/mol. The maximum absolute atomic E-state index is 11.8. The Labute approximate surface area is 103 Å². The number of carbonyl (C=O) groups excluding carboxylic acids is 1. The first-order valence-corrected chi connectivity index (χ1v) is 5.82. The second kappa shape index (κ2) is 4.31. The van der Waals surface area contributed by atoms with Crippen LogP contribution in [0.25, 0.3) is 0 Å². The van der Waals surface area contributed by atoms with Gasteiger partial charge in [0.1, 0.15) is 17.7 Å². The van der Waals surface area contributed by atoms with Crippen molar-refractivity contribution in [1.82, 2.24) is 14.9 Å². The minimum Gasteiger partial charge on any atom is -0.358 e. The fourth-order valence-corrected chi connectivity index (χ4v) is 1.87. The zero-order valence-electron chi connectivity index (χ0n) is 10.7. The molecule has 0 unspecified atom stereocenters. The largest absolute Gasteiger partial charge is 0.358 e. The van der Waals surface area contributed by atoms with Gasteiger partial charge in [-0.2, -0.15) is 0 Å². The number of anilines is 1. The number of hydrogen-bond acceptors (Lipinski definition) is 4. The summed E-state index contributed by atoms with van der Waals surface area (Å²) in [5.74, 6) is 2.00. The van der Waals surface area contributed by atoms with Crippen molar-refractivity contribution >= 4 is 11.7 Å². The third kappa shape index (κ3) is 2.23. The molecule has 1 amide bonds. The van der Waals surface area contributed by atoms with Gasteiger partial charge in [0.05, 0.1) is 0 Å². The van der Waals surface area contributed by atoms with E-state index in [9.17, 15) is 4.79 Å². The number of rotatable bonds is 2. The van der Waals surface area contributed by atoms with Crippen LogP contribution in [-0.2, 0) is 11.2 Å². The molecule has 94 valence electrons. The Morgan fingerprint density at radius 3 is 2.88 bits per heavy atom. The van der Waals surface area contributed by atoms with E-state index in [1.54, 1.807) is 19.0 Å². The molecule has 0 aromatic carbocycles. The average Bonchev–Trinajstić information content (AvgIpc) is 2.69. The Morgan fingerprint density at radius 2 is 2.29 bits per heavy atom. The molecule has 0 radical (unpaired) electrons. The van der Waals surface area contributed by atoms with E-state index in [-0.39, 0.29) is 13.4 Å². The molecule has 0 spiro atoms. The summed E-state index contributed by atoms with van der Waals surface area (Å²) in [7, 11) is 3.52. The molecule has 0 saturated heterocycles. The Hall–Kier alpha value is -1.65. The fourth-order valence-electron chi connectivity index (χ4n) is 1.87. The quantitative estimate of drug-likeness (QED) is 0.840. The van der Waals surface area contributed by atoms with Gasteiger partial charge in [-0.3, -0.25) is 4.79 Å². The lowest BCUT2D eigenvalue weighted by atomic mass is 10.1. The van der Waals surface area contributed by atoms with Crippen molar-refractivity contribution in [3.05, 3.63) is 17.6 Å². The molecule has 1 aliphatic rings. The first-order chi connectivity index (χ1) is 7.99. The van der Waals surface area contributed by atoms with Crippen LogP contribution in [0.3, 0.4) is 0 Å². The van der Waals surface area contributed by atoms with Crippen LogP contribution in [-0.4, -0.2) is 40.9 Å². The number of amides is 1. The topological polar surface area (TPSA) is 58.1 Å². The van der Waals surface area contributed by atoms with Gasteiger partial charge in [-0.1, -0.05) is 13.8 Å². The van der Waals surface area contributed by atoms with Crippen LogP contribution in [0.15, 0.2) is 6.20 Å². The highest BCUT2D eigenvalue weighted by Crippen LogP contribution is 2.25. The molecule has 1 aliphatic heterocycles. The van der Waals surface area contributed by atoms with Crippen LogP contribution in [0.1, 0.15) is 32.6 Å². The van der Waals surface area contributed by atoms with Gasteiger partial charge in [-0.25, -0.2) is 9.97 Å². The summed E-state index contributed by atoms with van der Waals surface area (Å²) in [6.45, 7) is 4.11. The zero-order chi connectivity index (χ0) is 12.6. The SMILES string of the molecule is CC(C)c1ncc2c(n1)N[C@@H](C(=O)N(C)C)C2.[HH]. The zero-order valence-corrected chi connectivity index (χ0v) is 10.7. The van der Waals surface area contributed by atoms with Gasteiger partial charge in [0, 0.05) is 39.6 Å². The summed E-state index contributed by atoms with van der Waals surface area (Å²) in [4.78, 5) is 22.2. The second-order valence-electron chi connectivity index (χ2n) is 4.89. The molecule has 1 atom stereocenters. The Bertz CT molecular complexity index is 448. The smallest absolute Gasteiger partial charge is 0.244 e. The monoisotopic (exact) mass is 236 g/mol. The van der Waals surface area contributed by atoms with Crippen molar-refractivity contribution in [1.29, 1.82) is 0 Å². The minimum absolute atomic E-state index is 0. The molecule has 0 aliphatic carbocycles. The third-order valence-electron chi connectivity index (χ3n) is 2.87. The highest BCUT2D eigenvalue weighted by atomic mass is 16.2. The van der Waals surface area contributed by atoms with Crippen molar-refractivity contribution in [2.45, 2.75) is 32.2 Å². The van der Waals surface area contributed by atoms with E-state index in [2.05, 4.69) is 29.1 Å². The summed E-state index contributed by atoms with van der Waals surface area (Å²) in [6, 6.07) is -0.197. The second-order valence-corrected chi connectivity index (χ2v) is 4.89. The summed E-state index contributed by atoms with van der Waals surface area (Å²) in [6.07, 6.45) is 2.50. The van der Waals surface area contributed by atoms with E-state index in [0.717, 1.165) is 17.2 Å². The predicted molar refractivity (Wildman–Crippen MR) is 68.0 cm³/mol. The Morgan fingerprint density at radius 1 is 1.59 bits per heavy atom. The Kier molecular flexibility index (Phi) is 3.00. The molecule has 1 aromatic rings. The lowest BCUT2D eigenvalue weighted by Crippen LogP contribution is -2.37.